The lowest BCUT2D eigenvalue weighted by Crippen LogP contribution is -2.15. The van der Waals surface area contributed by atoms with E-state index in [4.69, 9.17) is 5.73 Å². The molecule has 0 aliphatic carbocycles. The first kappa shape index (κ1) is 11.8. The van der Waals surface area contributed by atoms with Gasteiger partial charge in [-0.15, -0.1) is 0 Å². The van der Waals surface area contributed by atoms with Crippen molar-refractivity contribution in [2.24, 2.45) is 5.73 Å². The molecule has 1 aromatic heterocycles. The molecule has 0 bridgehead atoms. The van der Waals surface area contributed by atoms with Crippen molar-refractivity contribution in [1.82, 2.24) is 10.2 Å². The number of hydrogen-bond donors (Lipinski definition) is 3. The summed E-state index contributed by atoms with van der Waals surface area (Å²) in [6.45, 7) is 0. The second-order valence-electron chi connectivity index (χ2n) is 3.75. The topological polar surface area (TPSA) is 101 Å². The Morgan fingerprint density at radius 2 is 1.94 bits per heavy atom. The molecule has 6 heteroatoms. The average molecular weight is 244 g/mol. The molecule has 0 saturated carbocycles. The predicted molar refractivity (Wildman–Crippen MR) is 65.9 cm³/mol. The Labute approximate surface area is 103 Å². The summed E-state index contributed by atoms with van der Waals surface area (Å²) in [4.78, 5) is 22.5. The monoisotopic (exact) mass is 244 g/mol. The molecule has 0 aliphatic rings. The smallest absolute Gasteiger partial charge is 0.248 e. The van der Waals surface area contributed by atoms with Gasteiger partial charge in [0.2, 0.25) is 11.8 Å². The van der Waals surface area contributed by atoms with Crippen molar-refractivity contribution in [3.05, 3.63) is 47.8 Å². The standard InChI is InChI=1S/C12H12N4O2/c13-12(18)8-1-3-9(4-2-8)15-11(17)7-10-5-6-14-16-10/h1-6H,7H2,(H2,13,18)(H,14,16)(H,15,17). The summed E-state index contributed by atoms with van der Waals surface area (Å²) in [5.74, 6) is -0.656. The molecule has 0 unspecified atom stereocenters. The van der Waals surface area contributed by atoms with Crippen LogP contribution in [-0.4, -0.2) is 22.0 Å². The van der Waals surface area contributed by atoms with E-state index in [0.29, 0.717) is 11.3 Å². The number of benzene rings is 1. The fourth-order valence-electron chi connectivity index (χ4n) is 1.48. The SMILES string of the molecule is NC(=O)c1ccc(NC(=O)Cc2ccn[nH]2)cc1. The maximum Gasteiger partial charge on any atom is 0.248 e. The molecule has 18 heavy (non-hydrogen) atoms. The number of rotatable bonds is 4. The molecule has 0 aliphatic heterocycles. The molecule has 4 N–H and O–H groups in total. The molecule has 2 amide bonds. The zero-order valence-electron chi connectivity index (χ0n) is 9.51. The Kier molecular flexibility index (Phi) is 3.38. The summed E-state index contributed by atoms with van der Waals surface area (Å²) < 4.78 is 0. The van der Waals surface area contributed by atoms with E-state index in [2.05, 4.69) is 15.5 Å². The minimum Gasteiger partial charge on any atom is -0.366 e. The minimum atomic E-state index is -0.495. The van der Waals surface area contributed by atoms with E-state index in [1.807, 2.05) is 0 Å². The summed E-state index contributed by atoms with van der Waals surface area (Å²) in [5.41, 5.74) is 6.87. The maximum atomic E-state index is 11.6. The third-order valence-electron chi connectivity index (χ3n) is 2.36. The van der Waals surface area contributed by atoms with E-state index in [-0.39, 0.29) is 12.3 Å². The molecular formula is C12H12N4O2. The third kappa shape index (κ3) is 2.94. The molecule has 1 heterocycles. The minimum absolute atomic E-state index is 0.161. The summed E-state index contributed by atoms with van der Waals surface area (Å²) in [6, 6.07) is 8.12. The highest BCUT2D eigenvalue weighted by atomic mass is 16.2. The Morgan fingerprint density at radius 3 is 2.50 bits per heavy atom. The lowest BCUT2D eigenvalue weighted by molar-refractivity contribution is -0.115. The molecule has 2 aromatic rings. The highest BCUT2D eigenvalue weighted by Gasteiger charge is 2.05. The highest BCUT2D eigenvalue weighted by molar-refractivity contribution is 5.95. The zero-order valence-corrected chi connectivity index (χ0v) is 9.51. The molecule has 0 fully saturated rings. The van der Waals surface area contributed by atoms with Gasteiger partial charge in [0.15, 0.2) is 0 Å². The van der Waals surface area contributed by atoms with Gasteiger partial charge < -0.3 is 11.1 Å². The van der Waals surface area contributed by atoms with Crippen LogP contribution in [-0.2, 0) is 11.2 Å². The van der Waals surface area contributed by atoms with Crippen LogP contribution in [0.2, 0.25) is 0 Å². The van der Waals surface area contributed by atoms with Crippen molar-refractivity contribution in [3.8, 4) is 0 Å². The Balaban J connectivity index is 1.97. The molecule has 0 saturated heterocycles. The van der Waals surface area contributed by atoms with Crippen LogP contribution >= 0.6 is 0 Å². The van der Waals surface area contributed by atoms with Gasteiger partial charge in [-0.25, -0.2) is 0 Å². The van der Waals surface area contributed by atoms with Crippen LogP contribution in [0, 0.1) is 0 Å². The summed E-state index contributed by atoms with van der Waals surface area (Å²) >= 11 is 0. The van der Waals surface area contributed by atoms with E-state index < -0.39 is 5.91 Å². The number of nitrogens with one attached hydrogen (secondary N) is 2. The average Bonchev–Trinajstić information content (AvgIpc) is 2.82. The van der Waals surface area contributed by atoms with Crippen molar-refractivity contribution in [2.75, 3.05) is 5.32 Å². The van der Waals surface area contributed by atoms with Crippen LogP contribution in [0.4, 0.5) is 5.69 Å². The molecule has 2 rings (SSSR count). The van der Waals surface area contributed by atoms with Crippen molar-refractivity contribution in [1.29, 1.82) is 0 Å². The van der Waals surface area contributed by atoms with Crippen LogP contribution in [0.25, 0.3) is 0 Å². The molecular weight excluding hydrogens is 232 g/mol. The number of carbonyl (C=O) groups is 2. The van der Waals surface area contributed by atoms with Gasteiger partial charge in [-0.05, 0) is 30.3 Å². The highest BCUT2D eigenvalue weighted by Crippen LogP contribution is 2.09. The van der Waals surface area contributed by atoms with E-state index in [0.717, 1.165) is 5.69 Å². The lowest BCUT2D eigenvalue weighted by Gasteiger charge is -2.04. The first-order valence-electron chi connectivity index (χ1n) is 5.33. The van der Waals surface area contributed by atoms with Crippen molar-refractivity contribution >= 4 is 17.5 Å². The van der Waals surface area contributed by atoms with Gasteiger partial charge >= 0.3 is 0 Å². The first-order chi connectivity index (χ1) is 8.65. The second-order valence-corrected chi connectivity index (χ2v) is 3.75. The van der Waals surface area contributed by atoms with Gasteiger partial charge in [0.25, 0.3) is 0 Å². The van der Waals surface area contributed by atoms with E-state index >= 15 is 0 Å². The second kappa shape index (κ2) is 5.13. The zero-order chi connectivity index (χ0) is 13.0. The predicted octanol–water partition coefficient (Wildman–Crippen LogP) is 0.690. The summed E-state index contributed by atoms with van der Waals surface area (Å²) in [7, 11) is 0. The number of amides is 2. The first-order valence-corrected chi connectivity index (χ1v) is 5.33. The number of anilines is 1. The van der Waals surface area contributed by atoms with E-state index in [1.54, 1.807) is 36.5 Å². The Hall–Kier alpha value is -2.63. The number of H-pyrrole nitrogens is 1. The molecule has 0 spiro atoms. The van der Waals surface area contributed by atoms with Crippen molar-refractivity contribution < 1.29 is 9.59 Å². The molecule has 92 valence electrons. The fraction of sp³-hybridized carbons (Fsp3) is 0.0833. The van der Waals surface area contributed by atoms with E-state index in [9.17, 15) is 9.59 Å². The van der Waals surface area contributed by atoms with Gasteiger partial charge in [-0.3, -0.25) is 14.7 Å². The van der Waals surface area contributed by atoms with Crippen LogP contribution < -0.4 is 11.1 Å². The molecule has 6 nitrogen and oxygen atoms in total. The van der Waals surface area contributed by atoms with Gasteiger partial charge in [0.05, 0.1) is 6.42 Å². The molecule has 0 radical (unpaired) electrons. The normalized spacial score (nSPS) is 10.0. The number of nitrogens with two attached hydrogens (primary N) is 1. The number of nitrogens with zero attached hydrogens (tertiary/aromatic N) is 1. The number of primary amides is 1. The summed E-state index contributed by atoms with van der Waals surface area (Å²) in [5, 5.41) is 9.17. The number of aromatic nitrogens is 2. The van der Waals surface area contributed by atoms with Gasteiger partial charge in [0, 0.05) is 23.1 Å². The van der Waals surface area contributed by atoms with E-state index in [1.165, 1.54) is 0 Å². The number of hydrogen-bond acceptors (Lipinski definition) is 3. The van der Waals surface area contributed by atoms with Crippen LogP contribution in [0.15, 0.2) is 36.5 Å². The largest absolute Gasteiger partial charge is 0.366 e. The van der Waals surface area contributed by atoms with Gasteiger partial charge in [-0.2, -0.15) is 5.10 Å². The maximum absolute atomic E-state index is 11.6. The van der Waals surface area contributed by atoms with Gasteiger partial charge in [-0.1, -0.05) is 0 Å². The van der Waals surface area contributed by atoms with Crippen LogP contribution in [0.1, 0.15) is 16.1 Å². The Bertz CT molecular complexity index is 546. The van der Waals surface area contributed by atoms with Crippen molar-refractivity contribution in [2.45, 2.75) is 6.42 Å². The lowest BCUT2D eigenvalue weighted by atomic mass is 10.2. The number of carbonyl (C=O) groups excluding carboxylic acids is 2. The summed E-state index contributed by atoms with van der Waals surface area (Å²) in [6.07, 6.45) is 1.81. The van der Waals surface area contributed by atoms with Crippen LogP contribution in [0.3, 0.4) is 0 Å². The quantitative estimate of drug-likeness (QED) is 0.737. The third-order valence-corrected chi connectivity index (χ3v) is 2.36. The molecule has 0 atom stereocenters. The fourth-order valence-corrected chi connectivity index (χ4v) is 1.48. The van der Waals surface area contributed by atoms with Gasteiger partial charge in [0.1, 0.15) is 0 Å². The number of aromatic amines is 1. The Morgan fingerprint density at radius 1 is 1.22 bits per heavy atom. The molecule has 1 aromatic carbocycles. The van der Waals surface area contributed by atoms with Crippen LogP contribution in [0.5, 0.6) is 0 Å². The van der Waals surface area contributed by atoms with Crippen molar-refractivity contribution in [3.63, 3.8) is 0 Å².